The van der Waals surface area contributed by atoms with Crippen LogP contribution in [0.5, 0.6) is 0 Å². The van der Waals surface area contributed by atoms with Gasteiger partial charge in [0.2, 0.25) is 5.91 Å². The summed E-state index contributed by atoms with van der Waals surface area (Å²) >= 11 is 0. The van der Waals surface area contributed by atoms with E-state index >= 15 is 0 Å². The van der Waals surface area contributed by atoms with E-state index in [2.05, 4.69) is 20.9 Å². The van der Waals surface area contributed by atoms with Gasteiger partial charge in [-0.05, 0) is 38.1 Å². The largest absolute Gasteiger partial charge is 0.353 e. The second kappa shape index (κ2) is 5.69. The van der Waals surface area contributed by atoms with Gasteiger partial charge < -0.3 is 10.6 Å². The van der Waals surface area contributed by atoms with E-state index in [0.717, 1.165) is 37.5 Å². The third-order valence-electron chi connectivity index (χ3n) is 3.53. The maximum absolute atomic E-state index is 11.5. The Labute approximate surface area is 112 Å². The van der Waals surface area contributed by atoms with Crippen LogP contribution in [0.3, 0.4) is 0 Å². The Balaban J connectivity index is 1.35. The van der Waals surface area contributed by atoms with E-state index in [9.17, 15) is 4.79 Å². The van der Waals surface area contributed by atoms with Gasteiger partial charge in [0, 0.05) is 25.2 Å². The lowest BCUT2D eigenvalue weighted by molar-refractivity contribution is -0.121. The molecule has 0 unspecified atom stereocenters. The second-order valence-corrected chi connectivity index (χ2v) is 5.64. The zero-order valence-electron chi connectivity index (χ0n) is 11.1. The molecule has 1 amide bonds. The highest BCUT2D eigenvalue weighted by Crippen LogP contribution is 2.27. The van der Waals surface area contributed by atoms with E-state index in [0.29, 0.717) is 19.0 Å². The van der Waals surface area contributed by atoms with Crippen molar-refractivity contribution in [3.05, 3.63) is 11.9 Å². The number of hydrogen-bond acceptors (Lipinski definition) is 4. The molecular weight excluding hydrogens is 242 g/mol. The Morgan fingerprint density at radius 3 is 2.95 bits per heavy atom. The van der Waals surface area contributed by atoms with Crippen LogP contribution in [0, 0.1) is 5.92 Å². The molecule has 0 aromatic carbocycles. The number of aromatic nitrogens is 3. The first kappa shape index (κ1) is 12.6. The molecule has 2 saturated carbocycles. The van der Waals surface area contributed by atoms with Crippen LogP contribution in [0.25, 0.3) is 0 Å². The average molecular weight is 263 g/mol. The highest BCUT2D eigenvalue weighted by atomic mass is 16.1. The quantitative estimate of drug-likeness (QED) is 0.714. The van der Waals surface area contributed by atoms with Crippen LogP contribution in [0.4, 0.5) is 0 Å². The summed E-state index contributed by atoms with van der Waals surface area (Å²) in [5.41, 5.74) is 0.947. The molecule has 6 heteroatoms. The molecule has 2 N–H and O–H groups in total. The van der Waals surface area contributed by atoms with Crippen LogP contribution in [0.2, 0.25) is 0 Å². The molecule has 104 valence electrons. The first-order chi connectivity index (χ1) is 9.29. The lowest BCUT2D eigenvalue weighted by Crippen LogP contribution is -2.26. The fraction of sp³-hybridized carbons (Fsp3) is 0.769. The summed E-state index contributed by atoms with van der Waals surface area (Å²) in [7, 11) is 0. The summed E-state index contributed by atoms with van der Waals surface area (Å²) < 4.78 is 1.75. The third-order valence-corrected chi connectivity index (χ3v) is 3.53. The highest BCUT2D eigenvalue weighted by Gasteiger charge is 2.23. The van der Waals surface area contributed by atoms with E-state index in [-0.39, 0.29) is 5.91 Å². The van der Waals surface area contributed by atoms with Crippen molar-refractivity contribution in [2.75, 3.05) is 6.54 Å². The van der Waals surface area contributed by atoms with Crippen molar-refractivity contribution < 1.29 is 4.79 Å². The molecule has 0 aliphatic heterocycles. The normalized spacial score (nSPS) is 18.5. The Morgan fingerprint density at radius 1 is 1.37 bits per heavy atom. The topological polar surface area (TPSA) is 71.8 Å². The van der Waals surface area contributed by atoms with Gasteiger partial charge in [-0.15, -0.1) is 5.10 Å². The Morgan fingerprint density at radius 2 is 2.21 bits per heavy atom. The van der Waals surface area contributed by atoms with Gasteiger partial charge in [-0.2, -0.15) is 0 Å². The summed E-state index contributed by atoms with van der Waals surface area (Å²) in [6.45, 7) is 2.45. The van der Waals surface area contributed by atoms with Gasteiger partial charge in [0.05, 0.1) is 12.2 Å². The Bertz CT molecular complexity index is 436. The van der Waals surface area contributed by atoms with E-state index in [1.165, 1.54) is 12.8 Å². The fourth-order valence-electron chi connectivity index (χ4n) is 2.00. The van der Waals surface area contributed by atoms with Crippen LogP contribution < -0.4 is 10.6 Å². The molecule has 6 nitrogen and oxygen atoms in total. The maximum atomic E-state index is 11.5. The lowest BCUT2D eigenvalue weighted by Gasteiger charge is -2.02. The van der Waals surface area contributed by atoms with E-state index < -0.39 is 0 Å². The average Bonchev–Trinajstić information content (AvgIpc) is 3.30. The van der Waals surface area contributed by atoms with Crippen LogP contribution in [-0.4, -0.2) is 33.5 Å². The number of rotatable bonds is 8. The zero-order chi connectivity index (χ0) is 13.1. The predicted octanol–water partition coefficient (Wildman–Crippen LogP) is 0.446. The van der Waals surface area contributed by atoms with Gasteiger partial charge in [-0.1, -0.05) is 5.21 Å². The van der Waals surface area contributed by atoms with Crippen molar-refractivity contribution in [2.24, 2.45) is 5.92 Å². The van der Waals surface area contributed by atoms with Crippen molar-refractivity contribution in [3.8, 4) is 0 Å². The van der Waals surface area contributed by atoms with Gasteiger partial charge >= 0.3 is 0 Å². The number of amides is 1. The number of aryl methyl sites for hydroxylation is 1. The van der Waals surface area contributed by atoms with Gasteiger partial charge in [-0.25, -0.2) is 0 Å². The fourth-order valence-corrected chi connectivity index (χ4v) is 2.00. The molecule has 1 aromatic heterocycles. The molecule has 0 atom stereocenters. The smallest absolute Gasteiger partial charge is 0.222 e. The molecule has 0 saturated heterocycles. The van der Waals surface area contributed by atoms with Crippen LogP contribution in [0.15, 0.2) is 6.20 Å². The van der Waals surface area contributed by atoms with Crippen molar-refractivity contribution in [3.63, 3.8) is 0 Å². The van der Waals surface area contributed by atoms with Crippen LogP contribution in [-0.2, 0) is 17.9 Å². The summed E-state index contributed by atoms with van der Waals surface area (Å²) in [5.74, 6) is 0.993. The van der Waals surface area contributed by atoms with Crippen LogP contribution >= 0.6 is 0 Å². The van der Waals surface area contributed by atoms with Gasteiger partial charge in [0.25, 0.3) is 0 Å². The summed E-state index contributed by atoms with van der Waals surface area (Å²) in [6, 6.07) is 0.436. The minimum absolute atomic E-state index is 0.117. The molecule has 0 radical (unpaired) electrons. The van der Waals surface area contributed by atoms with Crippen molar-refractivity contribution in [1.82, 2.24) is 25.6 Å². The number of nitrogens with one attached hydrogen (secondary N) is 2. The van der Waals surface area contributed by atoms with E-state index in [1.807, 2.05) is 6.20 Å². The van der Waals surface area contributed by atoms with Crippen molar-refractivity contribution in [2.45, 2.75) is 51.2 Å². The summed E-state index contributed by atoms with van der Waals surface area (Å²) in [4.78, 5) is 11.5. The summed E-state index contributed by atoms with van der Waals surface area (Å²) in [5, 5.41) is 14.5. The molecular formula is C13H21N5O. The molecule has 1 aromatic rings. The zero-order valence-corrected chi connectivity index (χ0v) is 11.1. The predicted molar refractivity (Wildman–Crippen MR) is 70.2 cm³/mol. The van der Waals surface area contributed by atoms with Crippen molar-refractivity contribution in [1.29, 1.82) is 0 Å². The highest BCUT2D eigenvalue weighted by molar-refractivity contribution is 5.76. The molecule has 0 spiro atoms. The molecule has 3 rings (SSSR count). The number of hydrogen-bond donors (Lipinski definition) is 2. The molecule has 0 bridgehead atoms. The van der Waals surface area contributed by atoms with Gasteiger partial charge in [0.1, 0.15) is 0 Å². The second-order valence-electron chi connectivity index (χ2n) is 5.64. The number of carbonyl (C=O) groups excluding carboxylic acids is 1. The van der Waals surface area contributed by atoms with E-state index in [1.54, 1.807) is 4.68 Å². The van der Waals surface area contributed by atoms with Gasteiger partial charge in [0.15, 0.2) is 0 Å². The Hall–Kier alpha value is -1.43. The lowest BCUT2D eigenvalue weighted by atomic mass is 10.4. The van der Waals surface area contributed by atoms with E-state index in [4.69, 9.17) is 0 Å². The number of carbonyl (C=O) groups is 1. The molecule has 19 heavy (non-hydrogen) atoms. The standard InChI is InChI=1S/C13H21N5O/c19-13(15-11-3-4-11)5-6-18-9-12(16-17-18)8-14-7-10-1-2-10/h9-11,14H,1-8H2,(H,15,19). The maximum Gasteiger partial charge on any atom is 0.222 e. The molecule has 2 aliphatic carbocycles. The minimum Gasteiger partial charge on any atom is -0.353 e. The van der Waals surface area contributed by atoms with Gasteiger partial charge in [-0.3, -0.25) is 9.48 Å². The monoisotopic (exact) mass is 263 g/mol. The Kier molecular flexibility index (Phi) is 3.77. The molecule has 2 aliphatic rings. The first-order valence-corrected chi connectivity index (χ1v) is 7.18. The minimum atomic E-state index is 0.117. The van der Waals surface area contributed by atoms with Crippen LogP contribution in [0.1, 0.15) is 37.8 Å². The third kappa shape index (κ3) is 4.31. The SMILES string of the molecule is O=C(CCn1cc(CNCC2CC2)nn1)NC1CC1. The molecule has 1 heterocycles. The first-order valence-electron chi connectivity index (χ1n) is 7.18. The van der Waals surface area contributed by atoms with Crippen molar-refractivity contribution >= 4 is 5.91 Å². The number of nitrogens with zero attached hydrogens (tertiary/aromatic N) is 3. The molecule has 2 fully saturated rings. The summed E-state index contributed by atoms with van der Waals surface area (Å²) in [6.07, 6.45) is 7.38.